The third-order valence-corrected chi connectivity index (χ3v) is 7.22. The zero-order chi connectivity index (χ0) is 21.0. The second-order valence-electron chi connectivity index (χ2n) is 7.27. The van der Waals surface area contributed by atoms with Gasteiger partial charge in [-0.1, -0.05) is 36.0 Å². The highest BCUT2D eigenvalue weighted by molar-refractivity contribution is 7.99. The van der Waals surface area contributed by atoms with Crippen LogP contribution in [0.25, 0.3) is 17.1 Å². The first-order chi connectivity index (χ1) is 15.3. The van der Waals surface area contributed by atoms with Crippen LogP contribution in [-0.4, -0.2) is 42.9 Å². The standard InChI is InChI=1S/C23H21N5OS2/c29-21(27-13-5-10-19(27)20-11-6-14-30-20)16-31-23-26-25-22(17-7-4-12-24-15-17)28(23)18-8-2-1-3-9-18/h1-4,6-9,11-12,14-15,19H,5,10,13,16H2/t19-/m1/s1. The van der Waals surface area contributed by atoms with Gasteiger partial charge in [0, 0.05) is 35.1 Å². The van der Waals surface area contributed by atoms with Crippen molar-refractivity contribution in [1.29, 1.82) is 0 Å². The van der Waals surface area contributed by atoms with E-state index in [0.29, 0.717) is 16.7 Å². The molecule has 0 spiro atoms. The quantitative estimate of drug-likeness (QED) is 0.396. The van der Waals surface area contributed by atoms with Crippen molar-refractivity contribution in [2.45, 2.75) is 24.0 Å². The number of thiophene rings is 1. The Bertz CT molecular complexity index is 1150. The van der Waals surface area contributed by atoms with Crippen molar-refractivity contribution in [3.05, 3.63) is 77.2 Å². The number of thioether (sulfide) groups is 1. The van der Waals surface area contributed by atoms with Crippen molar-refractivity contribution in [1.82, 2.24) is 24.6 Å². The third kappa shape index (κ3) is 4.13. The fraction of sp³-hybridized carbons (Fsp3) is 0.217. The summed E-state index contributed by atoms with van der Waals surface area (Å²) in [5.74, 6) is 1.19. The number of likely N-dealkylation sites (tertiary alicyclic amines) is 1. The highest BCUT2D eigenvalue weighted by Crippen LogP contribution is 2.35. The van der Waals surface area contributed by atoms with Crippen molar-refractivity contribution in [3.63, 3.8) is 0 Å². The van der Waals surface area contributed by atoms with E-state index in [1.165, 1.54) is 16.6 Å². The zero-order valence-electron chi connectivity index (χ0n) is 16.8. The van der Waals surface area contributed by atoms with Crippen molar-refractivity contribution >= 4 is 29.0 Å². The lowest BCUT2D eigenvalue weighted by Gasteiger charge is -2.23. The van der Waals surface area contributed by atoms with Gasteiger partial charge in [0.25, 0.3) is 0 Å². The topological polar surface area (TPSA) is 63.9 Å². The first kappa shape index (κ1) is 20.0. The normalized spacial score (nSPS) is 16.0. The molecule has 31 heavy (non-hydrogen) atoms. The minimum atomic E-state index is 0.145. The van der Waals surface area contributed by atoms with E-state index in [4.69, 9.17) is 0 Å². The van der Waals surface area contributed by atoms with E-state index in [9.17, 15) is 4.79 Å². The average molecular weight is 448 g/mol. The number of carbonyl (C=O) groups excluding carboxylic acids is 1. The van der Waals surface area contributed by atoms with E-state index in [-0.39, 0.29) is 11.9 Å². The van der Waals surface area contributed by atoms with E-state index in [1.807, 2.05) is 51.9 Å². The predicted molar refractivity (Wildman–Crippen MR) is 123 cm³/mol. The zero-order valence-corrected chi connectivity index (χ0v) is 18.4. The Morgan fingerprint density at radius 1 is 1.10 bits per heavy atom. The van der Waals surface area contributed by atoms with Gasteiger partial charge in [-0.25, -0.2) is 0 Å². The fourth-order valence-corrected chi connectivity index (χ4v) is 5.62. The molecule has 5 rings (SSSR count). The Kier molecular flexibility index (Phi) is 5.82. The number of hydrogen-bond donors (Lipinski definition) is 0. The summed E-state index contributed by atoms with van der Waals surface area (Å²) in [6.45, 7) is 0.814. The molecule has 6 nitrogen and oxygen atoms in total. The molecule has 0 radical (unpaired) electrons. The van der Waals surface area contributed by atoms with E-state index in [0.717, 1.165) is 30.6 Å². The summed E-state index contributed by atoms with van der Waals surface area (Å²) in [5, 5.41) is 11.6. The highest BCUT2D eigenvalue weighted by Gasteiger charge is 2.30. The predicted octanol–water partition coefficient (Wildman–Crippen LogP) is 4.85. The summed E-state index contributed by atoms with van der Waals surface area (Å²) in [6.07, 6.45) is 5.59. The van der Waals surface area contributed by atoms with Crippen molar-refractivity contribution < 1.29 is 4.79 Å². The average Bonchev–Trinajstić information content (AvgIpc) is 3.59. The van der Waals surface area contributed by atoms with Crippen LogP contribution in [0.1, 0.15) is 23.8 Å². The summed E-state index contributed by atoms with van der Waals surface area (Å²) < 4.78 is 2.00. The van der Waals surface area contributed by atoms with Crippen LogP contribution in [0.15, 0.2) is 77.5 Å². The minimum Gasteiger partial charge on any atom is -0.334 e. The van der Waals surface area contributed by atoms with Gasteiger partial charge in [-0.3, -0.25) is 14.3 Å². The monoisotopic (exact) mass is 447 g/mol. The lowest BCUT2D eigenvalue weighted by Crippen LogP contribution is -2.31. The van der Waals surface area contributed by atoms with Crippen molar-refractivity contribution in [3.8, 4) is 17.1 Å². The molecule has 1 aromatic carbocycles. The maximum atomic E-state index is 13.1. The SMILES string of the molecule is O=C(CSc1nnc(-c2cccnc2)n1-c1ccccc1)N1CCC[C@@H]1c1cccs1. The fourth-order valence-electron chi connectivity index (χ4n) is 3.91. The van der Waals surface area contributed by atoms with E-state index < -0.39 is 0 Å². The molecule has 4 heterocycles. The lowest BCUT2D eigenvalue weighted by atomic mass is 10.2. The first-order valence-electron chi connectivity index (χ1n) is 10.2. The van der Waals surface area contributed by atoms with Gasteiger partial charge >= 0.3 is 0 Å². The summed E-state index contributed by atoms with van der Waals surface area (Å²) in [7, 11) is 0. The Morgan fingerprint density at radius 3 is 2.77 bits per heavy atom. The van der Waals surface area contributed by atoms with E-state index >= 15 is 0 Å². The van der Waals surface area contributed by atoms with Crippen LogP contribution in [-0.2, 0) is 4.79 Å². The molecule has 0 N–H and O–H groups in total. The molecule has 156 valence electrons. The van der Waals surface area contributed by atoms with Crippen LogP contribution < -0.4 is 0 Å². The molecular weight excluding hydrogens is 426 g/mol. The van der Waals surface area contributed by atoms with Crippen LogP contribution in [0.4, 0.5) is 0 Å². The molecule has 1 atom stereocenters. The summed E-state index contributed by atoms with van der Waals surface area (Å²) in [5.41, 5.74) is 1.84. The highest BCUT2D eigenvalue weighted by atomic mass is 32.2. The minimum absolute atomic E-state index is 0.145. The van der Waals surface area contributed by atoms with Crippen LogP contribution in [0.5, 0.6) is 0 Å². The first-order valence-corrected chi connectivity index (χ1v) is 12.0. The molecule has 1 aliphatic rings. The maximum absolute atomic E-state index is 13.1. The van der Waals surface area contributed by atoms with E-state index in [2.05, 4.69) is 32.7 Å². The number of pyridine rings is 1. The maximum Gasteiger partial charge on any atom is 0.233 e. The Morgan fingerprint density at radius 2 is 2.00 bits per heavy atom. The van der Waals surface area contributed by atoms with Gasteiger partial charge in [0.05, 0.1) is 11.8 Å². The largest absolute Gasteiger partial charge is 0.334 e. The smallest absolute Gasteiger partial charge is 0.233 e. The number of amides is 1. The summed E-state index contributed by atoms with van der Waals surface area (Å²) in [4.78, 5) is 20.6. The van der Waals surface area contributed by atoms with Gasteiger partial charge < -0.3 is 4.90 Å². The van der Waals surface area contributed by atoms with Crippen LogP contribution in [0, 0.1) is 0 Å². The van der Waals surface area contributed by atoms with Crippen LogP contribution in [0.3, 0.4) is 0 Å². The Hall–Kier alpha value is -2.97. The second-order valence-corrected chi connectivity index (χ2v) is 9.19. The molecule has 0 aliphatic carbocycles. The molecular formula is C23H21N5OS2. The number of carbonyl (C=O) groups is 1. The molecule has 4 aromatic rings. The molecule has 0 saturated carbocycles. The molecule has 1 amide bonds. The van der Waals surface area contributed by atoms with Gasteiger partial charge in [0.1, 0.15) is 0 Å². The number of aromatic nitrogens is 4. The summed E-state index contributed by atoms with van der Waals surface area (Å²) in [6, 6.07) is 18.2. The number of para-hydroxylation sites is 1. The second kappa shape index (κ2) is 9.03. The Balaban J connectivity index is 1.39. The van der Waals surface area contributed by atoms with Gasteiger partial charge in [-0.05, 0) is 48.6 Å². The number of nitrogens with zero attached hydrogens (tertiary/aromatic N) is 5. The number of benzene rings is 1. The molecule has 1 saturated heterocycles. The van der Waals surface area contributed by atoms with E-state index in [1.54, 1.807) is 23.7 Å². The van der Waals surface area contributed by atoms with Gasteiger partial charge in [0.2, 0.25) is 5.91 Å². The third-order valence-electron chi connectivity index (χ3n) is 5.34. The number of hydrogen-bond acceptors (Lipinski definition) is 6. The van der Waals surface area contributed by atoms with Crippen LogP contribution in [0.2, 0.25) is 0 Å². The molecule has 0 bridgehead atoms. The lowest BCUT2D eigenvalue weighted by molar-refractivity contribution is -0.129. The molecule has 1 fully saturated rings. The van der Waals surface area contributed by atoms with Gasteiger partial charge in [-0.15, -0.1) is 21.5 Å². The van der Waals surface area contributed by atoms with Gasteiger partial charge in [-0.2, -0.15) is 0 Å². The summed E-state index contributed by atoms with van der Waals surface area (Å²) >= 11 is 3.16. The van der Waals surface area contributed by atoms with Crippen molar-refractivity contribution in [2.75, 3.05) is 12.3 Å². The molecule has 3 aromatic heterocycles. The number of rotatable bonds is 6. The molecule has 0 unspecified atom stereocenters. The van der Waals surface area contributed by atoms with Crippen molar-refractivity contribution in [2.24, 2.45) is 0 Å². The Labute approximate surface area is 189 Å². The van der Waals surface area contributed by atoms with Crippen LogP contribution >= 0.6 is 23.1 Å². The van der Waals surface area contributed by atoms with Gasteiger partial charge in [0.15, 0.2) is 11.0 Å². The molecule has 8 heteroatoms. The molecule has 1 aliphatic heterocycles.